The maximum atomic E-state index is 13.3. The Morgan fingerprint density at radius 2 is 1.83 bits per heavy atom. The Hall–Kier alpha value is -3.35. The highest BCUT2D eigenvalue weighted by Crippen LogP contribution is 2.54. The summed E-state index contributed by atoms with van der Waals surface area (Å²) >= 11 is 6.06. The quantitative estimate of drug-likeness (QED) is 0.331. The molecule has 0 radical (unpaired) electrons. The van der Waals surface area contributed by atoms with E-state index in [4.69, 9.17) is 26.2 Å². The van der Waals surface area contributed by atoms with Crippen LogP contribution in [0.25, 0.3) is 11.1 Å². The molecule has 3 aromatic rings. The van der Waals surface area contributed by atoms with Crippen LogP contribution in [0.1, 0.15) is 30.0 Å². The Kier molecular flexibility index (Phi) is 6.03. The zero-order valence-corrected chi connectivity index (χ0v) is 20.3. The number of ether oxygens (including phenoxy) is 2. The van der Waals surface area contributed by atoms with Gasteiger partial charge in [0.05, 0.1) is 6.42 Å². The van der Waals surface area contributed by atoms with Crippen molar-refractivity contribution in [1.29, 1.82) is 0 Å². The lowest BCUT2D eigenvalue weighted by atomic mass is 9.99. The number of carbonyl (C=O) groups excluding carboxylic acids is 1. The van der Waals surface area contributed by atoms with Crippen molar-refractivity contribution in [3.63, 3.8) is 0 Å². The fourth-order valence-electron chi connectivity index (χ4n) is 5.07. The van der Waals surface area contributed by atoms with Crippen LogP contribution in [0.5, 0.6) is 5.75 Å². The first-order valence-corrected chi connectivity index (χ1v) is 12.1. The van der Waals surface area contributed by atoms with Crippen LogP contribution in [0, 0.1) is 0 Å². The molecule has 3 aromatic carbocycles. The molecule has 180 valence electrons. The number of amides is 1. The Balaban J connectivity index is 1.34. The maximum Gasteiger partial charge on any atom is 0.520 e. The number of quaternary nitrogens is 1. The highest BCUT2D eigenvalue weighted by Gasteiger charge is 2.79. The van der Waals surface area contributed by atoms with Crippen molar-refractivity contribution >= 4 is 23.7 Å². The maximum absolute atomic E-state index is 13.3. The van der Waals surface area contributed by atoms with Gasteiger partial charge in [0.15, 0.2) is 6.54 Å². The van der Waals surface area contributed by atoms with Gasteiger partial charge in [-0.2, -0.15) is 9.28 Å². The van der Waals surface area contributed by atoms with Crippen LogP contribution in [-0.2, 0) is 28.9 Å². The Morgan fingerprint density at radius 1 is 1.06 bits per heavy atom. The molecule has 0 saturated carbocycles. The zero-order valence-electron chi connectivity index (χ0n) is 19.5. The number of carboxylic acids is 1. The fraction of sp³-hybridized carbons (Fsp3) is 0.286. The average molecular weight is 493 g/mol. The van der Waals surface area contributed by atoms with Crippen LogP contribution in [0.2, 0.25) is 5.02 Å². The lowest BCUT2D eigenvalue weighted by Gasteiger charge is -2.29. The Bertz CT molecular complexity index is 1310. The molecule has 1 fully saturated rings. The average Bonchev–Trinajstić information content (AvgIpc) is 3.51. The number of halogens is 1. The zero-order chi connectivity index (χ0) is 24.6. The normalized spacial score (nSPS) is 21.9. The van der Waals surface area contributed by atoms with E-state index in [9.17, 15) is 9.59 Å². The van der Waals surface area contributed by atoms with Crippen molar-refractivity contribution in [3.05, 3.63) is 88.4 Å². The lowest BCUT2D eigenvalue weighted by Crippen LogP contribution is -2.47. The minimum atomic E-state index is -0.862. The number of nitrogens with zero attached hydrogens (tertiary/aromatic N) is 1. The first-order chi connectivity index (χ1) is 16.8. The molecule has 1 saturated heterocycles. The summed E-state index contributed by atoms with van der Waals surface area (Å²) in [7, 11) is 0. The number of carbonyl (C=O) groups is 2. The third-order valence-corrected chi connectivity index (χ3v) is 7.25. The van der Waals surface area contributed by atoms with Gasteiger partial charge in [-0.05, 0) is 46.5 Å². The van der Waals surface area contributed by atoms with E-state index in [0.29, 0.717) is 31.0 Å². The van der Waals surface area contributed by atoms with E-state index < -0.39 is 11.7 Å². The lowest BCUT2D eigenvalue weighted by molar-refractivity contribution is -0.789. The molecule has 2 atom stereocenters. The monoisotopic (exact) mass is 492 g/mol. The topological polar surface area (TPSA) is 72.8 Å². The van der Waals surface area contributed by atoms with Gasteiger partial charge in [0.2, 0.25) is 0 Å². The number of aliphatic carboxylic acids is 1. The molecule has 0 bridgehead atoms. The van der Waals surface area contributed by atoms with E-state index in [1.165, 1.54) is 0 Å². The number of fused-ring (bicyclic) bond motifs is 2. The minimum absolute atomic E-state index is 0.0259. The van der Waals surface area contributed by atoms with E-state index in [0.717, 1.165) is 33.6 Å². The molecule has 2 aliphatic heterocycles. The molecule has 35 heavy (non-hydrogen) atoms. The van der Waals surface area contributed by atoms with Crippen molar-refractivity contribution < 1.29 is 28.7 Å². The molecule has 0 aromatic heterocycles. The molecule has 0 spiro atoms. The molecule has 2 unspecified atom stereocenters. The van der Waals surface area contributed by atoms with Crippen LogP contribution >= 0.6 is 11.6 Å². The van der Waals surface area contributed by atoms with E-state index in [2.05, 4.69) is 0 Å². The molecular weight excluding hydrogens is 466 g/mol. The van der Waals surface area contributed by atoms with Crippen LogP contribution in [0.3, 0.4) is 0 Å². The minimum Gasteiger partial charge on any atom is -0.481 e. The van der Waals surface area contributed by atoms with E-state index in [-0.39, 0.29) is 23.6 Å². The summed E-state index contributed by atoms with van der Waals surface area (Å²) in [4.78, 5) is 24.4. The Labute approximate surface area is 209 Å². The van der Waals surface area contributed by atoms with Gasteiger partial charge >= 0.3 is 17.8 Å². The molecule has 2 heterocycles. The van der Waals surface area contributed by atoms with Crippen LogP contribution in [0.15, 0.2) is 66.7 Å². The summed E-state index contributed by atoms with van der Waals surface area (Å²) in [5.41, 5.74) is 4.01. The van der Waals surface area contributed by atoms with Gasteiger partial charge in [-0.15, -0.1) is 0 Å². The predicted octanol–water partition coefficient (Wildman–Crippen LogP) is 5.84. The van der Waals surface area contributed by atoms with Gasteiger partial charge in [0.1, 0.15) is 18.9 Å². The highest BCUT2D eigenvalue weighted by molar-refractivity contribution is 6.30. The molecular formula is C28H27ClNO5+. The standard InChI is InChI=1S/C28H26ClNO5/c1-2-28-18-30(28,27(33)34-12-11-19-5-4-8-24(29)14-19)17-23-16-22(9-10-25(23)35-28)21-7-3-6-20(13-21)15-26(31)32/h3-10,13-14,16H,2,11-12,15,17-18H2,1H3/p+1. The summed E-state index contributed by atoms with van der Waals surface area (Å²) < 4.78 is 12.3. The summed E-state index contributed by atoms with van der Waals surface area (Å²) in [5.74, 6) is -0.0750. The molecule has 0 aliphatic carbocycles. The number of carboxylic acid groups (broad SMARTS) is 1. The van der Waals surface area contributed by atoms with Gasteiger partial charge in [-0.3, -0.25) is 4.79 Å². The van der Waals surface area contributed by atoms with Crippen molar-refractivity contribution in [3.8, 4) is 16.9 Å². The summed E-state index contributed by atoms with van der Waals surface area (Å²) in [6, 6.07) is 21.0. The van der Waals surface area contributed by atoms with Crippen LogP contribution < -0.4 is 4.74 Å². The van der Waals surface area contributed by atoms with E-state index in [1.54, 1.807) is 0 Å². The molecule has 2 aliphatic rings. The van der Waals surface area contributed by atoms with Crippen molar-refractivity contribution in [1.82, 2.24) is 0 Å². The molecule has 6 nitrogen and oxygen atoms in total. The van der Waals surface area contributed by atoms with E-state index in [1.807, 2.05) is 73.7 Å². The molecule has 1 amide bonds. The predicted molar refractivity (Wildman–Crippen MR) is 132 cm³/mol. The fourth-order valence-corrected chi connectivity index (χ4v) is 5.29. The van der Waals surface area contributed by atoms with E-state index >= 15 is 0 Å². The molecule has 7 heteroatoms. The van der Waals surface area contributed by atoms with Gasteiger partial charge < -0.3 is 14.6 Å². The second-order valence-electron chi connectivity index (χ2n) is 9.27. The summed E-state index contributed by atoms with van der Waals surface area (Å²) in [5, 5.41) is 9.78. The number of hydrogen-bond acceptors (Lipinski definition) is 4. The van der Waals surface area contributed by atoms with Gasteiger partial charge in [-0.1, -0.05) is 61.0 Å². The SMILES string of the molecule is CCC12C[N+]1(C(=O)OCCc1cccc(Cl)c1)Cc1cc(-c3cccc(CC(=O)O)c3)ccc1O2. The molecule has 5 rings (SSSR count). The smallest absolute Gasteiger partial charge is 0.481 e. The van der Waals surface area contributed by atoms with Crippen molar-refractivity contribution in [2.24, 2.45) is 0 Å². The highest BCUT2D eigenvalue weighted by atomic mass is 35.5. The van der Waals surface area contributed by atoms with Gasteiger partial charge in [0.25, 0.3) is 0 Å². The number of hydrogen-bond donors (Lipinski definition) is 1. The second kappa shape index (κ2) is 9.02. The first-order valence-electron chi connectivity index (χ1n) is 11.8. The van der Waals surface area contributed by atoms with Gasteiger partial charge in [-0.25, -0.2) is 0 Å². The third-order valence-electron chi connectivity index (χ3n) is 7.02. The number of benzene rings is 3. The van der Waals surface area contributed by atoms with Crippen molar-refractivity contribution in [2.45, 2.75) is 38.5 Å². The largest absolute Gasteiger partial charge is 0.520 e. The number of rotatable bonds is 7. The Morgan fingerprint density at radius 3 is 2.60 bits per heavy atom. The summed E-state index contributed by atoms with van der Waals surface area (Å²) in [6.45, 7) is 3.40. The van der Waals surface area contributed by atoms with Crippen LogP contribution in [-0.4, -0.2) is 40.5 Å². The second-order valence-corrected chi connectivity index (χ2v) is 9.71. The third kappa shape index (κ3) is 4.40. The van der Waals surface area contributed by atoms with Gasteiger partial charge in [0, 0.05) is 23.4 Å². The summed E-state index contributed by atoms with van der Waals surface area (Å²) in [6.07, 6.45) is 1.00. The first kappa shape index (κ1) is 23.4. The van der Waals surface area contributed by atoms with Crippen LogP contribution in [0.4, 0.5) is 4.79 Å². The van der Waals surface area contributed by atoms with Crippen molar-refractivity contribution in [2.75, 3.05) is 13.2 Å². The molecule has 1 N–H and O–H groups in total.